The minimum absolute atomic E-state index is 0.0406. The van der Waals surface area contributed by atoms with Crippen molar-refractivity contribution >= 4 is 40.3 Å². The number of halogens is 2. The SMILES string of the molecule is CC([C@H]1CC[C@H](C)CC1)n1c(N2CCOC[C@H]2c2ccccc2)nc2nc(Cl)nc(-c3cncc(Cl)c3)c21. The van der Waals surface area contributed by atoms with E-state index in [0.717, 1.165) is 29.5 Å². The topological polar surface area (TPSA) is 69.0 Å². The lowest BCUT2D eigenvalue weighted by molar-refractivity contribution is 0.0924. The van der Waals surface area contributed by atoms with Crippen molar-refractivity contribution in [3.8, 4) is 11.3 Å². The van der Waals surface area contributed by atoms with Gasteiger partial charge >= 0.3 is 0 Å². The van der Waals surface area contributed by atoms with E-state index >= 15 is 0 Å². The summed E-state index contributed by atoms with van der Waals surface area (Å²) in [4.78, 5) is 21.2. The molecule has 0 amide bonds. The fourth-order valence-corrected chi connectivity index (χ4v) is 6.41. The van der Waals surface area contributed by atoms with E-state index in [1.807, 2.05) is 12.1 Å². The zero-order valence-corrected chi connectivity index (χ0v) is 23.2. The molecule has 1 unspecified atom stereocenters. The molecule has 9 heteroatoms. The second-order valence-electron chi connectivity index (χ2n) is 10.6. The first-order valence-electron chi connectivity index (χ1n) is 13.5. The van der Waals surface area contributed by atoms with Crippen molar-refractivity contribution in [3.05, 3.63) is 64.7 Å². The first-order chi connectivity index (χ1) is 18.5. The van der Waals surface area contributed by atoms with Crippen LogP contribution in [0.2, 0.25) is 10.3 Å². The zero-order chi connectivity index (χ0) is 26.2. The highest BCUT2D eigenvalue weighted by Gasteiger charge is 2.34. The molecule has 1 aliphatic heterocycles. The van der Waals surface area contributed by atoms with Gasteiger partial charge in [0, 0.05) is 30.5 Å². The van der Waals surface area contributed by atoms with Gasteiger partial charge in [0.2, 0.25) is 11.2 Å². The fraction of sp³-hybridized carbons (Fsp3) is 0.448. The lowest BCUT2D eigenvalue weighted by Gasteiger charge is -2.39. The van der Waals surface area contributed by atoms with Crippen molar-refractivity contribution in [1.29, 1.82) is 0 Å². The Balaban J connectivity index is 1.56. The fourth-order valence-electron chi connectivity index (χ4n) is 6.07. The molecule has 7 nitrogen and oxygen atoms in total. The van der Waals surface area contributed by atoms with E-state index in [-0.39, 0.29) is 17.4 Å². The number of morpholine rings is 1. The second kappa shape index (κ2) is 10.8. The minimum Gasteiger partial charge on any atom is -0.377 e. The first-order valence-corrected chi connectivity index (χ1v) is 14.2. The van der Waals surface area contributed by atoms with Gasteiger partial charge in [-0.2, -0.15) is 9.97 Å². The monoisotopic (exact) mass is 550 g/mol. The third kappa shape index (κ3) is 4.88. The predicted molar refractivity (Wildman–Crippen MR) is 152 cm³/mol. The van der Waals surface area contributed by atoms with Crippen LogP contribution in [0.1, 0.15) is 57.2 Å². The summed E-state index contributed by atoms with van der Waals surface area (Å²) in [5.74, 6) is 2.19. The standard InChI is InChI=1S/C29H32Cl2N6O/c1-18-8-10-20(11-9-18)19(2)37-26-25(22-14-23(30)16-32-15-22)33-28(31)34-27(26)35-29(37)36-12-13-38-17-24(36)21-6-4-3-5-7-21/h3-7,14-16,18-20,24H,8-13,17H2,1-2H3/t18-,19?,20-,24-/m0/s1. The predicted octanol–water partition coefficient (Wildman–Crippen LogP) is 7.16. The van der Waals surface area contributed by atoms with Crippen molar-refractivity contribution in [2.75, 3.05) is 24.7 Å². The van der Waals surface area contributed by atoms with Crippen LogP contribution >= 0.6 is 23.2 Å². The molecule has 6 rings (SSSR count). The van der Waals surface area contributed by atoms with Gasteiger partial charge in [-0.25, -0.2) is 4.98 Å². The zero-order valence-electron chi connectivity index (χ0n) is 21.7. The van der Waals surface area contributed by atoms with Crippen molar-refractivity contribution in [2.24, 2.45) is 11.8 Å². The van der Waals surface area contributed by atoms with Crippen LogP contribution in [0, 0.1) is 11.8 Å². The van der Waals surface area contributed by atoms with Crippen molar-refractivity contribution in [1.82, 2.24) is 24.5 Å². The summed E-state index contributed by atoms with van der Waals surface area (Å²) in [6.07, 6.45) is 8.26. The maximum absolute atomic E-state index is 6.47. The lowest BCUT2D eigenvalue weighted by atomic mass is 9.79. The number of aromatic nitrogens is 5. The maximum Gasteiger partial charge on any atom is 0.225 e. The van der Waals surface area contributed by atoms with Crippen LogP contribution in [0.25, 0.3) is 22.4 Å². The molecule has 1 aromatic carbocycles. The van der Waals surface area contributed by atoms with Crippen LogP contribution in [0.4, 0.5) is 5.95 Å². The molecule has 1 saturated carbocycles. The van der Waals surface area contributed by atoms with Crippen LogP contribution in [-0.2, 0) is 4.74 Å². The van der Waals surface area contributed by atoms with E-state index in [9.17, 15) is 0 Å². The van der Waals surface area contributed by atoms with Crippen molar-refractivity contribution in [2.45, 2.75) is 51.6 Å². The summed E-state index contributed by atoms with van der Waals surface area (Å²) in [6.45, 7) is 6.64. The van der Waals surface area contributed by atoms with Crippen molar-refractivity contribution < 1.29 is 4.74 Å². The Morgan fingerprint density at radius 2 is 1.79 bits per heavy atom. The average molecular weight is 552 g/mol. The number of rotatable bonds is 5. The Labute approximate surface area is 233 Å². The number of hydrogen-bond acceptors (Lipinski definition) is 6. The molecule has 0 N–H and O–H groups in total. The van der Waals surface area contributed by atoms with Gasteiger partial charge in [0.05, 0.1) is 24.3 Å². The van der Waals surface area contributed by atoms with Gasteiger partial charge in [-0.15, -0.1) is 0 Å². The highest BCUT2D eigenvalue weighted by Crippen LogP contribution is 2.42. The number of hydrogen-bond donors (Lipinski definition) is 0. The molecule has 0 radical (unpaired) electrons. The number of fused-ring (bicyclic) bond motifs is 1. The van der Waals surface area contributed by atoms with E-state index in [1.54, 1.807) is 12.4 Å². The molecule has 2 atom stereocenters. The van der Waals surface area contributed by atoms with Crippen LogP contribution in [-0.4, -0.2) is 44.3 Å². The Kier molecular flexibility index (Phi) is 7.25. The molecule has 2 aliphatic rings. The highest BCUT2D eigenvalue weighted by molar-refractivity contribution is 6.31. The summed E-state index contributed by atoms with van der Waals surface area (Å²) in [5.41, 5.74) is 4.16. The Bertz CT molecular complexity index is 1420. The molecule has 4 heterocycles. The van der Waals surface area contributed by atoms with Gasteiger partial charge in [0.25, 0.3) is 0 Å². The molecule has 0 bridgehead atoms. The van der Waals surface area contributed by atoms with E-state index in [2.05, 4.69) is 57.5 Å². The van der Waals surface area contributed by atoms with Gasteiger partial charge in [0.1, 0.15) is 11.2 Å². The van der Waals surface area contributed by atoms with E-state index in [0.29, 0.717) is 35.5 Å². The summed E-state index contributed by atoms with van der Waals surface area (Å²) in [5, 5.41) is 0.702. The van der Waals surface area contributed by atoms with E-state index < -0.39 is 0 Å². The first kappa shape index (κ1) is 25.5. The summed E-state index contributed by atoms with van der Waals surface area (Å²) in [7, 11) is 0. The molecule has 38 heavy (non-hydrogen) atoms. The van der Waals surface area contributed by atoms with Gasteiger partial charge in [-0.3, -0.25) is 4.98 Å². The Morgan fingerprint density at radius 1 is 1.00 bits per heavy atom. The number of imidazole rings is 1. The number of pyridine rings is 1. The maximum atomic E-state index is 6.47. The number of nitrogens with zero attached hydrogens (tertiary/aromatic N) is 6. The normalized spacial score (nSPS) is 23.1. The van der Waals surface area contributed by atoms with Gasteiger partial charge in [-0.05, 0) is 54.8 Å². The minimum atomic E-state index is 0.0406. The summed E-state index contributed by atoms with van der Waals surface area (Å²) in [6, 6.07) is 12.6. The average Bonchev–Trinajstić information content (AvgIpc) is 3.32. The van der Waals surface area contributed by atoms with Gasteiger partial charge in [-0.1, -0.05) is 61.7 Å². The molecule has 198 valence electrons. The Hall–Kier alpha value is -2.74. The smallest absolute Gasteiger partial charge is 0.225 e. The Morgan fingerprint density at radius 3 is 2.55 bits per heavy atom. The molecule has 0 spiro atoms. The van der Waals surface area contributed by atoms with Gasteiger partial charge in [0.15, 0.2) is 5.65 Å². The van der Waals surface area contributed by atoms with E-state index in [4.69, 9.17) is 37.9 Å². The third-order valence-corrected chi connectivity index (χ3v) is 8.57. The number of anilines is 1. The molecule has 1 aliphatic carbocycles. The number of ether oxygens (including phenoxy) is 1. The van der Waals surface area contributed by atoms with Crippen molar-refractivity contribution in [3.63, 3.8) is 0 Å². The third-order valence-electron chi connectivity index (χ3n) is 8.20. The van der Waals surface area contributed by atoms with Gasteiger partial charge < -0.3 is 14.2 Å². The van der Waals surface area contributed by atoms with E-state index in [1.165, 1.54) is 31.2 Å². The quantitative estimate of drug-likeness (QED) is 0.245. The molecule has 1 saturated heterocycles. The van der Waals surface area contributed by atoms with Crippen LogP contribution < -0.4 is 4.90 Å². The lowest BCUT2D eigenvalue weighted by Crippen LogP contribution is -2.41. The van der Waals surface area contributed by atoms with Crippen LogP contribution in [0.3, 0.4) is 0 Å². The molecule has 4 aromatic rings. The summed E-state index contributed by atoms with van der Waals surface area (Å²) < 4.78 is 8.33. The summed E-state index contributed by atoms with van der Waals surface area (Å²) >= 11 is 12.8. The molecule has 3 aromatic heterocycles. The second-order valence-corrected chi connectivity index (χ2v) is 11.4. The highest BCUT2D eigenvalue weighted by atomic mass is 35.5. The van der Waals surface area contributed by atoms with Crippen LogP contribution in [0.5, 0.6) is 0 Å². The molecular formula is C29H32Cl2N6O. The number of benzene rings is 1. The van der Waals surface area contributed by atoms with Crippen LogP contribution in [0.15, 0.2) is 48.8 Å². The largest absolute Gasteiger partial charge is 0.377 e. The molecular weight excluding hydrogens is 519 g/mol. The molecule has 2 fully saturated rings.